The number of carbonyl (C=O) groups excluding carboxylic acids is 1. The average molecular weight is 521 g/mol. The molecule has 2 aromatic heterocycles. The molecule has 4 rings (SSSR count). The number of benzene rings is 1. The summed E-state index contributed by atoms with van der Waals surface area (Å²) in [6, 6.07) is 2.18. The van der Waals surface area contributed by atoms with Gasteiger partial charge in [-0.25, -0.2) is 13.6 Å². The van der Waals surface area contributed by atoms with E-state index in [1.165, 1.54) is 19.1 Å². The highest BCUT2D eigenvalue weighted by Gasteiger charge is 2.37. The Morgan fingerprint density at radius 2 is 1.87 bits per heavy atom. The van der Waals surface area contributed by atoms with E-state index in [0.717, 1.165) is 22.2 Å². The Morgan fingerprint density at radius 3 is 2.39 bits per heavy atom. The molecule has 3 heterocycles. The van der Waals surface area contributed by atoms with Crippen molar-refractivity contribution in [1.82, 2.24) is 14.8 Å². The molecule has 197 valence electrons. The Balaban J connectivity index is 1.91. The summed E-state index contributed by atoms with van der Waals surface area (Å²) in [5.74, 6) is -0.851. The van der Waals surface area contributed by atoms with Crippen LogP contribution in [0.4, 0.5) is 25.0 Å². The Morgan fingerprint density at radius 1 is 1.21 bits per heavy atom. The second-order valence-electron chi connectivity index (χ2n) is 8.86. The molecule has 1 aromatic carbocycles. The first-order valence-corrected chi connectivity index (χ1v) is 11.8. The summed E-state index contributed by atoms with van der Waals surface area (Å²) in [7, 11) is 6.06. The summed E-state index contributed by atoms with van der Waals surface area (Å²) < 4.78 is 42.7. The van der Waals surface area contributed by atoms with E-state index in [-0.39, 0.29) is 30.3 Å². The number of ether oxygens (including phenoxy) is 2. The van der Waals surface area contributed by atoms with Gasteiger partial charge in [-0.3, -0.25) is 19.5 Å². The van der Waals surface area contributed by atoms with Crippen LogP contribution in [0, 0.1) is 24.0 Å². The van der Waals surface area contributed by atoms with Gasteiger partial charge in [-0.05, 0) is 25.5 Å². The summed E-state index contributed by atoms with van der Waals surface area (Å²) in [6.07, 6.45) is 3.42. The molecule has 0 aliphatic carbocycles. The molecule has 9 nitrogen and oxygen atoms in total. The molecule has 1 aliphatic heterocycles. The van der Waals surface area contributed by atoms with E-state index in [4.69, 9.17) is 14.9 Å². The number of anilines is 2. The summed E-state index contributed by atoms with van der Waals surface area (Å²) in [4.78, 5) is 20.9. The standard InChI is InChI=1S/C26H28BF2N6O3/c1-14(30)16(9-27-3)11-34-20-7-19(18-13-33(4)32-15(18)2)31-10-17(20)12-35(26(34)36)25-23(28)21(37-5)8-22(38-6)24(25)29/h7-10,13,30H,11-12H2,1-6H3/b16-9-,30-14?. The van der Waals surface area contributed by atoms with E-state index in [1.807, 2.05) is 19.9 Å². The van der Waals surface area contributed by atoms with E-state index in [9.17, 15) is 4.79 Å². The number of rotatable bonds is 8. The van der Waals surface area contributed by atoms with E-state index < -0.39 is 23.4 Å². The molecule has 0 saturated carbocycles. The molecule has 1 N–H and O–H groups in total. The summed E-state index contributed by atoms with van der Waals surface area (Å²) >= 11 is 0. The maximum atomic E-state index is 15.4. The lowest BCUT2D eigenvalue weighted by Gasteiger charge is -2.38. The predicted octanol–water partition coefficient (Wildman–Crippen LogP) is 4.71. The van der Waals surface area contributed by atoms with Crippen LogP contribution in [0.15, 0.2) is 36.1 Å². The molecular weight excluding hydrogens is 493 g/mol. The maximum absolute atomic E-state index is 15.4. The van der Waals surface area contributed by atoms with Crippen LogP contribution in [0.25, 0.3) is 11.3 Å². The van der Waals surface area contributed by atoms with Gasteiger partial charge in [0.05, 0.1) is 44.4 Å². The monoisotopic (exact) mass is 521 g/mol. The van der Waals surface area contributed by atoms with Crippen molar-refractivity contribution in [3.63, 3.8) is 0 Å². The number of nitrogens with zero attached hydrogens (tertiary/aromatic N) is 5. The van der Waals surface area contributed by atoms with Gasteiger partial charge < -0.3 is 14.9 Å². The Bertz CT molecular complexity index is 1430. The van der Waals surface area contributed by atoms with Crippen molar-refractivity contribution >= 4 is 30.4 Å². The zero-order valence-electron chi connectivity index (χ0n) is 22.1. The van der Waals surface area contributed by atoms with Crippen molar-refractivity contribution in [2.45, 2.75) is 27.2 Å². The number of hydrogen-bond donors (Lipinski definition) is 1. The molecule has 0 unspecified atom stereocenters. The molecule has 0 fully saturated rings. The first kappa shape index (κ1) is 26.8. The van der Waals surface area contributed by atoms with E-state index >= 15 is 8.78 Å². The van der Waals surface area contributed by atoms with Crippen LogP contribution in [0.5, 0.6) is 11.5 Å². The fourth-order valence-corrected chi connectivity index (χ4v) is 4.44. The highest BCUT2D eigenvalue weighted by molar-refractivity contribution is 6.41. The predicted molar refractivity (Wildman–Crippen MR) is 143 cm³/mol. The number of pyridine rings is 1. The van der Waals surface area contributed by atoms with Gasteiger partial charge in [0.15, 0.2) is 23.1 Å². The van der Waals surface area contributed by atoms with Crippen molar-refractivity contribution in [2.75, 3.05) is 30.6 Å². The Labute approximate surface area is 220 Å². The Kier molecular flexibility index (Phi) is 7.52. The third kappa shape index (κ3) is 4.73. The minimum Gasteiger partial charge on any atom is -0.493 e. The third-order valence-corrected chi connectivity index (χ3v) is 6.33. The van der Waals surface area contributed by atoms with Gasteiger partial charge in [-0.1, -0.05) is 6.82 Å². The minimum absolute atomic E-state index is 0.00181. The number of hydrogen-bond acceptors (Lipinski definition) is 6. The Hall–Kier alpha value is -4.22. The number of fused-ring (bicyclic) bond motifs is 1. The molecule has 0 saturated heterocycles. The number of methoxy groups -OCH3 is 2. The second kappa shape index (κ2) is 10.6. The van der Waals surface area contributed by atoms with E-state index in [2.05, 4.69) is 10.1 Å². The number of carbonyl (C=O) groups is 1. The molecule has 3 aromatic rings. The van der Waals surface area contributed by atoms with Crippen LogP contribution in [-0.2, 0) is 13.6 Å². The lowest BCUT2D eigenvalue weighted by molar-refractivity contribution is 0.250. The number of aromatic nitrogens is 3. The van der Waals surface area contributed by atoms with Gasteiger partial charge in [0.25, 0.3) is 0 Å². The van der Waals surface area contributed by atoms with Gasteiger partial charge in [-0.2, -0.15) is 5.10 Å². The van der Waals surface area contributed by atoms with Gasteiger partial charge in [0.1, 0.15) is 13.0 Å². The van der Waals surface area contributed by atoms with Crippen LogP contribution >= 0.6 is 0 Å². The smallest absolute Gasteiger partial charge is 0.329 e. The number of nitrogens with one attached hydrogen (secondary N) is 1. The largest absolute Gasteiger partial charge is 0.493 e. The molecule has 12 heteroatoms. The second-order valence-corrected chi connectivity index (χ2v) is 8.86. The van der Waals surface area contributed by atoms with Crippen molar-refractivity contribution in [3.8, 4) is 22.8 Å². The van der Waals surface area contributed by atoms with E-state index in [1.54, 1.807) is 44.2 Å². The third-order valence-electron chi connectivity index (χ3n) is 6.33. The van der Waals surface area contributed by atoms with Gasteiger partial charge >= 0.3 is 6.03 Å². The number of halogens is 2. The highest BCUT2D eigenvalue weighted by Crippen LogP contribution is 2.41. The zero-order valence-corrected chi connectivity index (χ0v) is 22.1. The summed E-state index contributed by atoms with van der Waals surface area (Å²) in [6.45, 7) is 5.14. The lowest BCUT2D eigenvalue weighted by Crippen LogP contribution is -2.49. The van der Waals surface area contributed by atoms with Crippen LogP contribution in [0.3, 0.4) is 0 Å². The topological polar surface area (TPSA) is 96.6 Å². The fraction of sp³-hybridized carbons (Fsp3) is 0.308. The highest BCUT2D eigenvalue weighted by atomic mass is 19.1. The van der Waals surface area contributed by atoms with E-state index in [0.29, 0.717) is 22.5 Å². The van der Waals surface area contributed by atoms with Crippen molar-refractivity contribution in [1.29, 1.82) is 5.41 Å². The van der Waals surface area contributed by atoms with Crippen molar-refractivity contribution < 1.29 is 23.0 Å². The quantitative estimate of drug-likeness (QED) is 0.342. The molecule has 0 spiro atoms. The van der Waals surface area contributed by atoms with Crippen LogP contribution in [0.1, 0.15) is 18.2 Å². The first-order chi connectivity index (χ1) is 18.1. The lowest BCUT2D eigenvalue weighted by atomic mass is 9.79. The summed E-state index contributed by atoms with van der Waals surface area (Å²) in [5, 5.41) is 12.6. The number of amides is 2. The fourth-order valence-electron chi connectivity index (χ4n) is 4.44. The minimum atomic E-state index is -1.03. The first-order valence-electron chi connectivity index (χ1n) is 11.8. The summed E-state index contributed by atoms with van der Waals surface area (Å²) in [5.41, 5.74) is 3.48. The molecule has 0 atom stereocenters. The molecule has 1 aliphatic rings. The number of urea groups is 1. The van der Waals surface area contributed by atoms with Crippen molar-refractivity contribution in [2.24, 2.45) is 7.05 Å². The maximum Gasteiger partial charge on any atom is 0.329 e. The molecule has 0 bridgehead atoms. The normalized spacial score (nSPS) is 13.5. The van der Waals surface area contributed by atoms with Crippen molar-refractivity contribution in [3.05, 3.63) is 59.0 Å². The average Bonchev–Trinajstić information content (AvgIpc) is 3.23. The SMILES string of the molecule is C[B]/C=C(/CN1C(=O)N(c2c(F)c(OC)cc(OC)c2F)Cc2cnc(-c3cn(C)nc3C)cc21)C(C)=N. The van der Waals surface area contributed by atoms with Gasteiger partial charge in [-0.15, -0.1) is 5.98 Å². The molecule has 2 amide bonds. The number of aryl methyl sites for hydroxylation is 2. The molecular formula is C26H28BF2N6O3. The van der Waals surface area contributed by atoms with Crippen LogP contribution in [0.2, 0.25) is 6.82 Å². The molecule has 1 radical (unpaired) electrons. The van der Waals surface area contributed by atoms with Crippen LogP contribution < -0.4 is 19.3 Å². The van der Waals surface area contributed by atoms with Crippen LogP contribution in [-0.4, -0.2) is 54.6 Å². The van der Waals surface area contributed by atoms with Gasteiger partial charge in [0, 0.05) is 42.3 Å². The zero-order chi connectivity index (χ0) is 27.7. The molecule has 38 heavy (non-hydrogen) atoms. The van der Waals surface area contributed by atoms with Gasteiger partial charge in [0.2, 0.25) is 0 Å².